The van der Waals surface area contributed by atoms with Crippen LogP contribution in [0.1, 0.15) is 28.4 Å². The molecule has 3 N–H and O–H groups in total. The lowest BCUT2D eigenvalue weighted by Gasteiger charge is -2.07. The third-order valence-corrected chi connectivity index (χ3v) is 3.67. The zero-order valence-electron chi connectivity index (χ0n) is 12.1. The van der Waals surface area contributed by atoms with Crippen LogP contribution in [0.15, 0.2) is 36.4 Å². The third-order valence-electron chi connectivity index (χ3n) is 3.67. The van der Waals surface area contributed by atoms with Crippen LogP contribution >= 0.6 is 0 Å². The van der Waals surface area contributed by atoms with Crippen LogP contribution < -0.4 is 11.1 Å². The van der Waals surface area contributed by atoms with E-state index in [0.29, 0.717) is 16.8 Å². The van der Waals surface area contributed by atoms with Crippen LogP contribution in [-0.4, -0.2) is 11.7 Å². The molecule has 0 saturated heterocycles. The fraction of sp³-hybridized carbons (Fsp3) is 0.0588. The van der Waals surface area contributed by atoms with E-state index < -0.39 is 17.5 Å². The second-order valence-corrected chi connectivity index (χ2v) is 5.19. The van der Waals surface area contributed by atoms with Crippen LogP contribution in [0, 0.1) is 11.6 Å². The Labute approximate surface area is 130 Å². The summed E-state index contributed by atoms with van der Waals surface area (Å²) in [6.07, 6.45) is 0. The van der Waals surface area contributed by atoms with Gasteiger partial charge in [0.05, 0.1) is 11.3 Å². The second-order valence-electron chi connectivity index (χ2n) is 5.19. The predicted octanol–water partition coefficient (Wildman–Crippen LogP) is 2.95. The highest BCUT2D eigenvalue weighted by Gasteiger charge is 2.28. The smallest absolute Gasteiger partial charge is 0.258 e. The third kappa shape index (κ3) is 2.48. The van der Waals surface area contributed by atoms with Crippen molar-refractivity contribution in [2.24, 2.45) is 5.73 Å². The summed E-state index contributed by atoms with van der Waals surface area (Å²) in [5, 5.41) is 2.63. The van der Waals surface area contributed by atoms with Gasteiger partial charge in [0.25, 0.3) is 5.91 Å². The van der Waals surface area contributed by atoms with Gasteiger partial charge in [-0.2, -0.15) is 0 Å². The van der Waals surface area contributed by atoms with E-state index in [1.165, 1.54) is 13.0 Å². The van der Waals surface area contributed by atoms with Gasteiger partial charge < -0.3 is 11.1 Å². The fourth-order valence-electron chi connectivity index (χ4n) is 2.46. The van der Waals surface area contributed by atoms with Crippen molar-refractivity contribution in [1.29, 1.82) is 0 Å². The average Bonchev–Trinajstić information content (AvgIpc) is 2.84. The number of nitrogens with two attached hydrogens (primary N) is 1. The Morgan fingerprint density at radius 2 is 1.74 bits per heavy atom. The van der Waals surface area contributed by atoms with Crippen molar-refractivity contribution in [2.75, 3.05) is 5.32 Å². The van der Waals surface area contributed by atoms with Crippen molar-refractivity contribution in [2.45, 2.75) is 6.92 Å². The Morgan fingerprint density at radius 1 is 1.04 bits per heavy atom. The topological polar surface area (TPSA) is 72.2 Å². The van der Waals surface area contributed by atoms with Crippen molar-refractivity contribution < 1.29 is 18.4 Å². The Balaban J connectivity index is 2.19. The van der Waals surface area contributed by atoms with Gasteiger partial charge in [0.15, 0.2) is 17.4 Å². The number of benzene rings is 2. The molecule has 1 aliphatic heterocycles. The SMILES string of the molecule is CC(=O)c1ccc2c(c1)/C(=C(/N)c1ccc(F)c(F)c1)C(=O)N2. The quantitative estimate of drug-likeness (QED) is 0.661. The normalized spacial score (nSPS) is 15.2. The second kappa shape index (κ2) is 5.31. The Bertz CT molecular complexity index is 888. The zero-order valence-corrected chi connectivity index (χ0v) is 12.1. The molecule has 0 atom stereocenters. The summed E-state index contributed by atoms with van der Waals surface area (Å²) >= 11 is 0. The number of anilines is 1. The van der Waals surface area contributed by atoms with Crippen LogP contribution in [0.2, 0.25) is 0 Å². The van der Waals surface area contributed by atoms with E-state index in [2.05, 4.69) is 5.32 Å². The van der Waals surface area contributed by atoms with Crippen LogP contribution in [-0.2, 0) is 4.79 Å². The largest absolute Gasteiger partial charge is 0.398 e. The molecular weight excluding hydrogens is 302 g/mol. The molecule has 0 fully saturated rings. The number of hydrogen-bond donors (Lipinski definition) is 2. The van der Waals surface area contributed by atoms with E-state index >= 15 is 0 Å². The van der Waals surface area contributed by atoms with E-state index in [1.54, 1.807) is 18.2 Å². The Hall–Kier alpha value is -3.02. The van der Waals surface area contributed by atoms with Crippen LogP contribution in [0.3, 0.4) is 0 Å². The average molecular weight is 314 g/mol. The highest BCUT2D eigenvalue weighted by Crippen LogP contribution is 2.36. The molecule has 0 aliphatic carbocycles. The highest BCUT2D eigenvalue weighted by molar-refractivity contribution is 6.36. The Morgan fingerprint density at radius 3 is 2.39 bits per heavy atom. The number of carbonyl (C=O) groups excluding carboxylic acids is 2. The number of hydrogen-bond acceptors (Lipinski definition) is 3. The number of Topliss-reactive ketones (excluding diaryl/α,β-unsaturated/α-hetero) is 1. The maximum absolute atomic E-state index is 13.4. The number of fused-ring (bicyclic) bond motifs is 1. The van der Waals surface area contributed by atoms with Gasteiger partial charge in [0.2, 0.25) is 0 Å². The maximum atomic E-state index is 13.4. The first-order chi connectivity index (χ1) is 10.9. The molecule has 1 heterocycles. The summed E-state index contributed by atoms with van der Waals surface area (Å²) in [5.74, 6) is -2.66. The molecule has 2 aromatic carbocycles. The molecule has 23 heavy (non-hydrogen) atoms. The van der Waals surface area contributed by atoms with Crippen molar-refractivity contribution in [3.63, 3.8) is 0 Å². The Kier molecular flexibility index (Phi) is 3.44. The highest BCUT2D eigenvalue weighted by atomic mass is 19.2. The molecule has 1 aliphatic rings. The van der Waals surface area contributed by atoms with Gasteiger partial charge in [0.1, 0.15) is 0 Å². The van der Waals surface area contributed by atoms with Gasteiger partial charge in [-0.15, -0.1) is 0 Å². The minimum Gasteiger partial charge on any atom is -0.398 e. The lowest BCUT2D eigenvalue weighted by Crippen LogP contribution is -2.10. The monoisotopic (exact) mass is 314 g/mol. The number of rotatable bonds is 2. The summed E-state index contributed by atoms with van der Waals surface area (Å²) in [6.45, 7) is 1.41. The number of nitrogens with one attached hydrogen (secondary N) is 1. The molecule has 0 radical (unpaired) electrons. The number of carbonyl (C=O) groups is 2. The van der Waals surface area contributed by atoms with Gasteiger partial charge in [-0.25, -0.2) is 8.78 Å². The van der Waals surface area contributed by atoms with Crippen molar-refractivity contribution in [1.82, 2.24) is 0 Å². The first-order valence-corrected chi connectivity index (χ1v) is 6.80. The van der Waals surface area contributed by atoms with E-state index in [9.17, 15) is 18.4 Å². The van der Waals surface area contributed by atoms with Crippen LogP contribution in [0.5, 0.6) is 0 Å². The minimum absolute atomic E-state index is 0.0147. The van der Waals surface area contributed by atoms with Crippen LogP contribution in [0.25, 0.3) is 11.3 Å². The molecule has 0 spiro atoms. The maximum Gasteiger partial charge on any atom is 0.258 e. The predicted molar refractivity (Wildman–Crippen MR) is 82.4 cm³/mol. The first-order valence-electron chi connectivity index (χ1n) is 6.80. The lowest BCUT2D eigenvalue weighted by molar-refractivity contribution is -0.110. The van der Waals surface area contributed by atoms with E-state index in [4.69, 9.17) is 5.73 Å². The van der Waals surface area contributed by atoms with Gasteiger partial charge in [-0.3, -0.25) is 9.59 Å². The van der Waals surface area contributed by atoms with Gasteiger partial charge >= 0.3 is 0 Å². The molecule has 0 bridgehead atoms. The van der Waals surface area contributed by atoms with Gasteiger partial charge in [0, 0.05) is 22.4 Å². The number of amides is 1. The molecule has 0 unspecified atom stereocenters. The molecule has 6 heteroatoms. The molecular formula is C17H12F2N2O2. The summed E-state index contributed by atoms with van der Waals surface area (Å²) in [7, 11) is 0. The zero-order chi connectivity index (χ0) is 16.7. The molecule has 3 rings (SSSR count). The van der Waals surface area contributed by atoms with E-state index in [0.717, 1.165) is 12.1 Å². The lowest BCUT2D eigenvalue weighted by atomic mass is 9.98. The summed E-state index contributed by atoms with van der Waals surface area (Å²) in [5.41, 5.74) is 7.74. The molecule has 1 amide bonds. The molecule has 116 valence electrons. The number of halogens is 2. The number of ketones is 1. The minimum atomic E-state index is -1.05. The van der Waals surface area contributed by atoms with E-state index in [1.807, 2.05) is 0 Å². The van der Waals surface area contributed by atoms with Crippen molar-refractivity contribution in [3.8, 4) is 0 Å². The summed E-state index contributed by atoms with van der Waals surface area (Å²) in [6, 6.07) is 7.92. The van der Waals surface area contributed by atoms with E-state index in [-0.39, 0.29) is 22.6 Å². The molecule has 0 aromatic heterocycles. The summed E-state index contributed by atoms with van der Waals surface area (Å²) in [4.78, 5) is 23.7. The first kappa shape index (κ1) is 14.9. The molecule has 0 saturated carbocycles. The van der Waals surface area contributed by atoms with Crippen molar-refractivity contribution in [3.05, 3.63) is 64.7 Å². The fourth-order valence-corrected chi connectivity index (χ4v) is 2.46. The van der Waals surface area contributed by atoms with Gasteiger partial charge in [-0.1, -0.05) is 0 Å². The van der Waals surface area contributed by atoms with Crippen molar-refractivity contribution >= 4 is 28.6 Å². The van der Waals surface area contributed by atoms with Crippen LogP contribution in [0.4, 0.5) is 14.5 Å². The summed E-state index contributed by atoms with van der Waals surface area (Å²) < 4.78 is 26.4. The van der Waals surface area contributed by atoms with Gasteiger partial charge in [-0.05, 0) is 43.3 Å². The molecule has 4 nitrogen and oxygen atoms in total. The molecule has 2 aromatic rings. The standard InChI is InChI=1S/C17H12F2N2O2/c1-8(22)9-3-5-14-11(6-9)15(17(23)21-14)16(20)10-2-4-12(18)13(19)7-10/h2-7H,20H2,1H3,(H,21,23)/b16-15-.